The maximum atomic E-state index is 12.2. The number of amides is 2. The molecular formula is C18H18N2O4. The normalized spacial score (nSPS) is 12.4. The van der Waals surface area contributed by atoms with Gasteiger partial charge in [0.2, 0.25) is 0 Å². The summed E-state index contributed by atoms with van der Waals surface area (Å²) < 4.78 is 10.8. The third-order valence-electron chi connectivity index (χ3n) is 3.86. The summed E-state index contributed by atoms with van der Waals surface area (Å²) in [4.78, 5) is 24.3. The highest BCUT2D eigenvalue weighted by Crippen LogP contribution is 2.30. The van der Waals surface area contributed by atoms with E-state index in [9.17, 15) is 9.59 Å². The van der Waals surface area contributed by atoms with Crippen molar-refractivity contribution in [3.05, 3.63) is 58.7 Å². The zero-order valence-corrected chi connectivity index (χ0v) is 13.5. The van der Waals surface area contributed by atoms with Crippen LogP contribution in [0.4, 0.5) is 0 Å². The fraction of sp³-hybridized carbons (Fsp3) is 0.222. The number of carbonyl (C=O) groups excluding carboxylic acids is 2. The van der Waals surface area contributed by atoms with Gasteiger partial charge in [-0.3, -0.25) is 20.4 Å². The highest BCUT2D eigenvalue weighted by molar-refractivity contribution is 5.99. The Bertz CT molecular complexity index is 802. The van der Waals surface area contributed by atoms with Gasteiger partial charge >= 0.3 is 0 Å². The Balaban J connectivity index is 1.64. The summed E-state index contributed by atoms with van der Waals surface area (Å²) in [5.41, 5.74) is 7.80. The fourth-order valence-electron chi connectivity index (χ4n) is 2.33. The Morgan fingerprint density at radius 2 is 1.38 bits per heavy atom. The first-order chi connectivity index (χ1) is 11.5. The highest BCUT2D eigenvalue weighted by atomic mass is 16.6. The Kier molecular flexibility index (Phi) is 4.37. The molecule has 1 aliphatic heterocycles. The molecule has 6 heteroatoms. The number of rotatable bonds is 2. The van der Waals surface area contributed by atoms with Gasteiger partial charge < -0.3 is 9.47 Å². The van der Waals surface area contributed by atoms with Crippen LogP contribution < -0.4 is 20.3 Å². The molecule has 0 aliphatic carbocycles. The fourth-order valence-corrected chi connectivity index (χ4v) is 2.33. The third-order valence-corrected chi connectivity index (χ3v) is 3.86. The van der Waals surface area contributed by atoms with Crippen LogP contribution in [0.3, 0.4) is 0 Å². The molecule has 0 spiro atoms. The second-order valence-corrected chi connectivity index (χ2v) is 5.57. The van der Waals surface area contributed by atoms with Gasteiger partial charge in [0.15, 0.2) is 11.5 Å². The van der Waals surface area contributed by atoms with E-state index in [2.05, 4.69) is 10.9 Å². The molecule has 6 nitrogen and oxygen atoms in total. The number of nitrogens with one attached hydrogen (secondary N) is 2. The molecule has 1 heterocycles. The van der Waals surface area contributed by atoms with Crippen molar-refractivity contribution in [3.8, 4) is 11.5 Å². The topological polar surface area (TPSA) is 76.7 Å². The van der Waals surface area contributed by atoms with E-state index < -0.39 is 5.91 Å². The smallest absolute Gasteiger partial charge is 0.269 e. The van der Waals surface area contributed by atoms with Crippen LogP contribution in [0, 0.1) is 13.8 Å². The number of aryl methyl sites for hydroxylation is 2. The summed E-state index contributed by atoms with van der Waals surface area (Å²) in [6, 6.07) is 10.2. The predicted molar refractivity (Wildman–Crippen MR) is 88.3 cm³/mol. The minimum Gasteiger partial charge on any atom is -0.486 e. The Labute approximate surface area is 139 Å². The van der Waals surface area contributed by atoms with E-state index in [0.29, 0.717) is 35.8 Å². The molecule has 24 heavy (non-hydrogen) atoms. The van der Waals surface area contributed by atoms with Gasteiger partial charge in [-0.1, -0.05) is 6.07 Å². The van der Waals surface area contributed by atoms with Crippen LogP contribution in [-0.4, -0.2) is 25.0 Å². The van der Waals surface area contributed by atoms with Crippen LogP contribution in [0.25, 0.3) is 0 Å². The maximum absolute atomic E-state index is 12.2. The van der Waals surface area contributed by atoms with Crippen LogP contribution in [0.2, 0.25) is 0 Å². The Morgan fingerprint density at radius 3 is 2.04 bits per heavy atom. The predicted octanol–water partition coefficient (Wildman–Crippen LogP) is 2.15. The largest absolute Gasteiger partial charge is 0.486 e. The summed E-state index contributed by atoms with van der Waals surface area (Å²) in [7, 11) is 0. The number of benzene rings is 2. The van der Waals surface area contributed by atoms with Gasteiger partial charge in [-0.15, -0.1) is 0 Å². The molecule has 124 valence electrons. The van der Waals surface area contributed by atoms with Crippen LogP contribution in [0.15, 0.2) is 36.4 Å². The molecule has 0 saturated heterocycles. The molecule has 0 unspecified atom stereocenters. The monoisotopic (exact) mass is 326 g/mol. The molecule has 0 atom stereocenters. The number of hydrogen-bond acceptors (Lipinski definition) is 4. The van der Waals surface area contributed by atoms with E-state index in [1.54, 1.807) is 30.3 Å². The number of hydrogen-bond donors (Lipinski definition) is 2. The molecule has 0 fully saturated rings. The molecule has 2 aromatic rings. The lowest BCUT2D eigenvalue weighted by Crippen LogP contribution is -2.41. The van der Waals surface area contributed by atoms with E-state index in [0.717, 1.165) is 11.1 Å². The first-order valence-electron chi connectivity index (χ1n) is 7.62. The molecule has 0 bridgehead atoms. The zero-order valence-electron chi connectivity index (χ0n) is 13.5. The van der Waals surface area contributed by atoms with E-state index >= 15 is 0 Å². The van der Waals surface area contributed by atoms with Crippen molar-refractivity contribution in [1.29, 1.82) is 0 Å². The molecule has 2 N–H and O–H groups in total. The van der Waals surface area contributed by atoms with Gasteiger partial charge in [0.05, 0.1) is 0 Å². The van der Waals surface area contributed by atoms with E-state index in [4.69, 9.17) is 9.47 Å². The van der Waals surface area contributed by atoms with Crippen molar-refractivity contribution in [1.82, 2.24) is 10.9 Å². The number of fused-ring (bicyclic) bond motifs is 1. The molecular weight excluding hydrogens is 308 g/mol. The average Bonchev–Trinajstić information content (AvgIpc) is 2.61. The summed E-state index contributed by atoms with van der Waals surface area (Å²) in [5, 5.41) is 0. The third kappa shape index (κ3) is 3.32. The second-order valence-electron chi connectivity index (χ2n) is 5.57. The molecule has 0 aromatic heterocycles. The lowest BCUT2D eigenvalue weighted by atomic mass is 10.1. The number of ether oxygens (including phenoxy) is 2. The van der Waals surface area contributed by atoms with Crippen molar-refractivity contribution in [2.24, 2.45) is 0 Å². The van der Waals surface area contributed by atoms with Gasteiger partial charge in [-0.2, -0.15) is 0 Å². The minimum atomic E-state index is -0.427. The molecule has 3 rings (SSSR count). The highest BCUT2D eigenvalue weighted by Gasteiger charge is 2.15. The standard InChI is InChI=1S/C18H18N2O4/c1-11-3-4-13(9-12(11)2)17(21)19-20-18(22)14-5-6-15-16(10-14)24-8-7-23-15/h3-6,9-10H,7-8H2,1-2H3,(H,19,21)(H,20,22). The van der Waals surface area contributed by atoms with Crippen LogP contribution in [0.5, 0.6) is 11.5 Å². The summed E-state index contributed by atoms with van der Waals surface area (Å²) in [6.45, 7) is 4.84. The van der Waals surface area contributed by atoms with E-state index in [-0.39, 0.29) is 5.91 Å². The number of hydrazine groups is 1. The van der Waals surface area contributed by atoms with E-state index in [1.807, 2.05) is 19.9 Å². The summed E-state index contributed by atoms with van der Waals surface area (Å²) in [5.74, 6) is 0.333. The molecule has 2 amide bonds. The lowest BCUT2D eigenvalue weighted by molar-refractivity contribution is 0.0846. The average molecular weight is 326 g/mol. The maximum Gasteiger partial charge on any atom is 0.269 e. The molecule has 1 aliphatic rings. The van der Waals surface area contributed by atoms with Gasteiger partial charge in [0, 0.05) is 11.1 Å². The first kappa shape index (κ1) is 15.9. The summed E-state index contributed by atoms with van der Waals surface area (Å²) in [6.07, 6.45) is 0. The van der Waals surface area contributed by atoms with Gasteiger partial charge in [-0.25, -0.2) is 0 Å². The minimum absolute atomic E-state index is 0.371. The second kappa shape index (κ2) is 6.62. The van der Waals surface area contributed by atoms with Gasteiger partial charge in [0.25, 0.3) is 11.8 Å². The van der Waals surface area contributed by atoms with Crippen LogP contribution in [0.1, 0.15) is 31.8 Å². The quantitative estimate of drug-likeness (QED) is 0.829. The van der Waals surface area contributed by atoms with Gasteiger partial charge in [-0.05, 0) is 55.3 Å². The first-order valence-corrected chi connectivity index (χ1v) is 7.62. The molecule has 0 radical (unpaired) electrons. The van der Waals surface area contributed by atoms with E-state index in [1.165, 1.54) is 0 Å². The Hall–Kier alpha value is -3.02. The molecule has 2 aromatic carbocycles. The zero-order chi connectivity index (χ0) is 17.1. The Morgan fingerprint density at radius 1 is 0.792 bits per heavy atom. The van der Waals surface area contributed by atoms with Crippen LogP contribution in [-0.2, 0) is 0 Å². The summed E-state index contributed by atoms with van der Waals surface area (Å²) >= 11 is 0. The molecule has 0 saturated carbocycles. The van der Waals surface area contributed by atoms with Crippen molar-refractivity contribution >= 4 is 11.8 Å². The van der Waals surface area contributed by atoms with Gasteiger partial charge in [0.1, 0.15) is 13.2 Å². The van der Waals surface area contributed by atoms with Crippen molar-refractivity contribution < 1.29 is 19.1 Å². The van der Waals surface area contributed by atoms with Crippen molar-refractivity contribution in [2.75, 3.05) is 13.2 Å². The van der Waals surface area contributed by atoms with Crippen molar-refractivity contribution in [2.45, 2.75) is 13.8 Å². The lowest BCUT2D eigenvalue weighted by Gasteiger charge is -2.18. The number of carbonyl (C=O) groups is 2. The van der Waals surface area contributed by atoms with Crippen molar-refractivity contribution in [3.63, 3.8) is 0 Å². The van der Waals surface area contributed by atoms with Crippen LogP contribution >= 0.6 is 0 Å². The SMILES string of the molecule is Cc1ccc(C(=O)NNC(=O)c2ccc3c(c2)OCCO3)cc1C.